The van der Waals surface area contributed by atoms with Crippen molar-refractivity contribution in [2.75, 3.05) is 13.1 Å². The highest BCUT2D eigenvalue weighted by Gasteiger charge is 2.28. The molecule has 0 saturated carbocycles. The van der Waals surface area contributed by atoms with E-state index in [2.05, 4.69) is 16.9 Å². The van der Waals surface area contributed by atoms with Crippen LogP contribution < -0.4 is 0 Å². The van der Waals surface area contributed by atoms with Crippen molar-refractivity contribution < 1.29 is 4.79 Å². The van der Waals surface area contributed by atoms with Gasteiger partial charge in [-0.05, 0) is 38.8 Å². The minimum Gasteiger partial charge on any atom is -0.337 e. The summed E-state index contributed by atoms with van der Waals surface area (Å²) in [6.07, 6.45) is 5.89. The largest absolute Gasteiger partial charge is 0.337 e. The smallest absolute Gasteiger partial charge is 0.274 e. The van der Waals surface area contributed by atoms with E-state index in [9.17, 15) is 4.79 Å². The molecule has 0 N–H and O–H groups in total. The number of nitrogens with zero attached hydrogens (tertiary/aromatic N) is 4. The average molecular weight is 340 g/mol. The van der Waals surface area contributed by atoms with Gasteiger partial charge in [0.25, 0.3) is 5.91 Å². The number of carbonyl (C=O) groups excluding carboxylic acids is 1. The summed E-state index contributed by atoms with van der Waals surface area (Å²) in [5.41, 5.74) is 2.43. The van der Waals surface area contributed by atoms with Crippen LogP contribution in [0.5, 0.6) is 0 Å². The number of thiazole rings is 1. The SMILES string of the molecule is Cc1cnc(C2CCCN(C(=O)c3cn4c(C)cccc4n3)C2)s1. The van der Waals surface area contributed by atoms with Crippen LogP contribution >= 0.6 is 11.3 Å². The van der Waals surface area contributed by atoms with Gasteiger partial charge in [0.05, 0.1) is 5.01 Å². The molecule has 3 aromatic heterocycles. The van der Waals surface area contributed by atoms with Crippen LogP contribution in [0.4, 0.5) is 0 Å². The average Bonchev–Trinajstić information content (AvgIpc) is 3.21. The van der Waals surface area contributed by atoms with Crippen LogP contribution in [0.25, 0.3) is 5.65 Å². The van der Waals surface area contributed by atoms with Gasteiger partial charge in [-0.1, -0.05) is 6.07 Å². The number of hydrogen-bond acceptors (Lipinski definition) is 4. The van der Waals surface area contributed by atoms with Crippen LogP contribution in [0, 0.1) is 13.8 Å². The number of piperidine rings is 1. The highest BCUT2D eigenvalue weighted by molar-refractivity contribution is 7.11. The van der Waals surface area contributed by atoms with Gasteiger partial charge in [0.2, 0.25) is 0 Å². The second-order valence-electron chi connectivity index (χ2n) is 6.42. The van der Waals surface area contributed by atoms with E-state index in [1.54, 1.807) is 11.3 Å². The van der Waals surface area contributed by atoms with E-state index in [1.165, 1.54) is 4.88 Å². The molecule has 4 heterocycles. The van der Waals surface area contributed by atoms with Crippen LogP contribution in [0.2, 0.25) is 0 Å². The van der Waals surface area contributed by atoms with E-state index < -0.39 is 0 Å². The Morgan fingerprint density at radius 2 is 2.21 bits per heavy atom. The fourth-order valence-corrected chi connectivity index (χ4v) is 4.24. The molecule has 4 rings (SSSR count). The minimum absolute atomic E-state index is 0.0241. The molecule has 1 saturated heterocycles. The monoisotopic (exact) mass is 340 g/mol. The lowest BCUT2D eigenvalue weighted by molar-refractivity contribution is 0.0702. The summed E-state index contributed by atoms with van der Waals surface area (Å²) in [6.45, 7) is 5.63. The maximum atomic E-state index is 12.9. The number of amides is 1. The van der Waals surface area contributed by atoms with Crippen LogP contribution in [-0.4, -0.2) is 38.3 Å². The Morgan fingerprint density at radius 1 is 1.33 bits per heavy atom. The first-order chi connectivity index (χ1) is 11.6. The molecule has 0 spiro atoms. The number of likely N-dealkylation sites (tertiary alicyclic amines) is 1. The van der Waals surface area contributed by atoms with Gasteiger partial charge in [0.1, 0.15) is 11.3 Å². The first-order valence-electron chi connectivity index (χ1n) is 8.28. The van der Waals surface area contributed by atoms with Gasteiger partial charge in [-0.25, -0.2) is 9.97 Å². The summed E-state index contributed by atoms with van der Waals surface area (Å²) < 4.78 is 1.97. The van der Waals surface area contributed by atoms with Crippen LogP contribution in [-0.2, 0) is 0 Å². The topological polar surface area (TPSA) is 50.5 Å². The molecule has 3 aromatic rings. The third-order valence-corrected chi connectivity index (χ3v) is 5.69. The number of carbonyl (C=O) groups is 1. The molecule has 0 radical (unpaired) electrons. The lowest BCUT2D eigenvalue weighted by atomic mass is 9.98. The number of imidazole rings is 1. The van der Waals surface area contributed by atoms with Crippen LogP contribution in [0.15, 0.2) is 30.6 Å². The van der Waals surface area contributed by atoms with E-state index in [0.717, 1.165) is 42.3 Å². The van der Waals surface area contributed by atoms with Gasteiger partial charge in [0, 0.05) is 42.0 Å². The molecular formula is C18H20N4OS. The maximum absolute atomic E-state index is 12.9. The summed E-state index contributed by atoms with van der Waals surface area (Å²) in [6, 6.07) is 5.92. The maximum Gasteiger partial charge on any atom is 0.274 e. The van der Waals surface area contributed by atoms with E-state index in [1.807, 2.05) is 46.8 Å². The number of hydrogen-bond donors (Lipinski definition) is 0. The molecule has 1 aliphatic heterocycles. The summed E-state index contributed by atoms with van der Waals surface area (Å²) in [5, 5.41) is 1.15. The molecule has 1 aliphatic rings. The van der Waals surface area contributed by atoms with Crippen molar-refractivity contribution in [2.45, 2.75) is 32.6 Å². The van der Waals surface area contributed by atoms with Gasteiger partial charge < -0.3 is 9.30 Å². The standard InChI is InChI=1S/C18H20N4OS/c1-12-5-3-7-16-20-15(11-22(12)16)18(23)21-8-4-6-14(10-21)17-19-9-13(2)24-17/h3,5,7,9,11,14H,4,6,8,10H2,1-2H3. The molecule has 1 unspecified atom stereocenters. The number of rotatable bonds is 2. The molecule has 1 fully saturated rings. The summed E-state index contributed by atoms with van der Waals surface area (Å²) in [5.74, 6) is 0.372. The molecular weight excluding hydrogens is 320 g/mol. The van der Waals surface area contributed by atoms with Crippen LogP contribution in [0.1, 0.15) is 44.8 Å². The highest BCUT2D eigenvalue weighted by Crippen LogP contribution is 2.30. The number of fused-ring (bicyclic) bond motifs is 1. The van der Waals surface area contributed by atoms with Gasteiger partial charge in [0.15, 0.2) is 0 Å². The Balaban J connectivity index is 1.57. The fraction of sp³-hybridized carbons (Fsp3) is 0.389. The third-order valence-electron chi connectivity index (χ3n) is 4.61. The zero-order valence-corrected chi connectivity index (χ0v) is 14.7. The summed E-state index contributed by atoms with van der Waals surface area (Å²) in [7, 11) is 0. The first kappa shape index (κ1) is 15.3. The quantitative estimate of drug-likeness (QED) is 0.718. The van der Waals surface area contributed by atoms with Crippen LogP contribution in [0.3, 0.4) is 0 Å². The Kier molecular flexibility index (Phi) is 3.84. The van der Waals surface area contributed by atoms with Crippen molar-refractivity contribution >= 4 is 22.9 Å². The predicted molar refractivity (Wildman–Crippen MR) is 94.7 cm³/mol. The molecule has 0 aromatic carbocycles. The molecule has 1 atom stereocenters. The Morgan fingerprint density at radius 3 is 2.96 bits per heavy atom. The second-order valence-corrected chi connectivity index (χ2v) is 7.69. The Bertz CT molecular complexity index is 897. The fourth-order valence-electron chi connectivity index (χ4n) is 3.34. The second kappa shape index (κ2) is 6.02. The Hall–Kier alpha value is -2.21. The normalized spacial score (nSPS) is 18.2. The molecule has 0 bridgehead atoms. The lowest BCUT2D eigenvalue weighted by Crippen LogP contribution is -2.39. The molecule has 124 valence electrons. The zero-order chi connectivity index (χ0) is 16.7. The summed E-state index contributed by atoms with van der Waals surface area (Å²) >= 11 is 1.74. The first-order valence-corrected chi connectivity index (χ1v) is 9.10. The van der Waals surface area contributed by atoms with Gasteiger partial charge in [-0.15, -0.1) is 11.3 Å². The number of pyridine rings is 1. The molecule has 24 heavy (non-hydrogen) atoms. The van der Waals surface area contributed by atoms with Gasteiger partial charge in [-0.3, -0.25) is 4.79 Å². The van der Waals surface area contributed by atoms with Gasteiger partial charge >= 0.3 is 0 Å². The van der Waals surface area contributed by atoms with Crippen molar-refractivity contribution in [3.05, 3.63) is 51.9 Å². The third kappa shape index (κ3) is 2.71. The van der Waals surface area contributed by atoms with E-state index in [4.69, 9.17) is 0 Å². The minimum atomic E-state index is 0.0241. The molecule has 1 amide bonds. The van der Waals surface area contributed by atoms with Crippen molar-refractivity contribution in [1.82, 2.24) is 19.3 Å². The van der Waals surface area contributed by atoms with E-state index in [-0.39, 0.29) is 5.91 Å². The number of aryl methyl sites for hydroxylation is 2. The summed E-state index contributed by atoms with van der Waals surface area (Å²) in [4.78, 5) is 25.1. The number of aromatic nitrogens is 3. The van der Waals surface area contributed by atoms with Crippen molar-refractivity contribution in [2.24, 2.45) is 0 Å². The van der Waals surface area contributed by atoms with E-state index >= 15 is 0 Å². The van der Waals surface area contributed by atoms with E-state index in [0.29, 0.717) is 11.6 Å². The lowest BCUT2D eigenvalue weighted by Gasteiger charge is -2.31. The predicted octanol–water partition coefficient (Wildman–Crippen LogP) is 3.43. The Labute approximate surface area is 145 Å². The van der Waals surface area contributed by atoms with Crippen molar-refractivity contribution in [1.29, 1.82) is 0 Å². The van der Waals surface area contributed by atoms with Gasteiger partial charge in [-0.2, -0.15) is 0 Å². The molecule has 0 aliphatic carbocycles. The molecule has 5 nitrogen and oxygen atoms in total. The molecule has 6 heteroatoms. The zero-order valence-electron chi connectivity index (χ0n) is 13.9. The van der Waals surface area contributed by atoms with Crippen molar-refractivity contribution in [3.63, 3.8) is 0 Å². The highest BCUT2D eigenvalue weighted by atomic mass is 32.1. The van der Waals surface area contributed by atoms with Crippen molar-refractivity contribution in [3.8, 4) is 0 Å².